The van der Waals surface area contributed by atoms with Gasteiger partial charge in [-0.3, -0.25) is 14.7 Å². The van der Waals surface area contributed by atoms with Crippen molar-refractivity contribution in [2.75, 3.05) is 18.4 Å². The lowest BCUT2D eigenvalue weighted by Crippen LogP contribution is -2.44. The molecule has 1 saturated heterocycles. The van der Waals surface area contributed by atoms with Gasteiger partial charge in [-0.1, -0.05) is 36.4 Å². The van der Waals surface area contributed by atoms with Crippen LogP contribution in [-0.2, 0) is 13.1 Å². The second-order valence-corrected chi connectivity index (χ2v) is 7.65. The number of carbonyl (C=O) groups excluding carboxylic acids is 1. The average molecular weight is 402 g/mol. The number of hydrogen-bond donors (Lipinski definition) is 2. The summed E-state index contributed by atoms with van der Waals surface area (Å²) in [5.41, 5.74) is 3.03. The van der Waals surface area contributed by atoms with Gasteiger partial charge in [0, 0.05) is 56.4 Å². The summed E-state index contributed by atoms with van der Waals surface area (Å²) in [5, 5.41) is 6.44. The van der Waals surface area contributed by atoms with E-state index < -0.39 is 0 Å². The number of amides is 1. The molecule has 2 N–H and O–H groups in total. The molecule has 2 aromatic heterocycles. The molecule has 1 fully saturated rings. The van der Waals surface area contributed by atoms with Gasteiger partial charge in [0.25, 0.3) is 5.91 Å². The molecule has 6 heteroatoms. The van der Waals surface area contributed by atoms with Crippen LogP contribution in [0.4, 0.5) is 5.82 Å². The monoisotopic (exact) mass is 401 g/mol. The van der Waals surface area contributed by atoms with Crippen molar-refractivity contribution >= 4 is 11.7 Å². The molecule has 0 saturated carbocycles. The minimum Gasteiger partial charge on any atom is -0.366 e. The predicted octanol–water partition coefficient (Wildman–Crippen LogP) is 3.48. The Balaban J connectivity index is 1.26. The van der Waals surface area contributed by atoms with Crippen LogP contribution >= 0.6 is 0 Å². The number of rotatable bonds is 7. The van der Waals surface area contributed by atoms with E-state index in [1.165, 1.54) is 5.56 Å². The molecule has 30 heavy (non-hydrogen) atoms. The molecule has 3 aromatic rings. The van der Waals surface area contributed by atoms with Gasteiger partial charge < -0.3 is 10.6 Å². The Bertz CT molecular complexity index is 940. The molecule has 6 nitrogen and oxygen atoms in total. The maximum Gasteiger partial charge on any atom is 0.251 e. The summed E-state index contributed by atoms with van der Waals surface area (Å²) < 4.78 is 0. The number of aromatic nitrogens is 2. The van der Waals surface area contributed by atoms with E-state index in [2.05, 4.69) is 49.8 Å². The topological polar surface area (TPSA) is 70.2 Å². The molecule has 0 spiro atoms. The van der Waals surface area contributed by atoms with Gasteiger partial charge in [0.2, 0.25) is 0 Å². The fraction of sp³-hybridized carbons (Fsp3) is 0.292. The molecule has 0 radical (unpaired) electrons. The van der Waals surface area contributed by atoms with Gasteiger partial charge in [-0.05, 0) is 42.2 Å². The molecule has 3 heterocycles. The Labute approximate surface area is 177 Å². The molecule has 4 rings (SSSR count). The van der Waals surface area contributed by atoms with Crippen molar-refractivity contribution in [3.8, 4) is 0 Å². The summed E-state index contributed by atoms with van der Waals surface area (Å²) in [6.45, 7) is 3.58. The van der Waals surface area contributed by atoms with Gasteiger partial charge >= 0.3 is 0 Å². The smallest absolute Gasteiger partial charge is 0.251 e. The first kappa shape index (κ1) is 20.0. The van der Waals surface area contributed by atoms with Gasteiger partial charge in [-0.25, -0.2) is 4.98 Å². The third kappa shape index (κ3) is 5.64. The first-order valence-electron chi connectivity index (χ1n) is 10.4. The highest BCUT2D eigenvalue weighted by molar-refractivity contribution is 5.95. The third-order valence-electron chi connectivity index (χ3n) is 5.39. The molecule has 1 aliphatic rings. The predicted molar refractivity (Wildman–Crippen MR) is 118 cm³/mol. The first-order chi connectivity index (χ1) is 14.8. The Kier molecular flexibility index (Phi) is 6.67. The number of benzene rings is 1. The van der Waals surface area contributed by atoms with E-state index in [0.29, 0.717) is 17.9 Å². The largest absolute Gasteiger partial charge is 0.366 e. The van der Waals surface area contributed by atoms with Crippen molar-refractivity contribution in [3.05, 3.63) is 89.9 Å². The van der Waals surface area contributed by atoms with Gasteiger partial charge in [-0.2, -0.15) is 0 Å². The highest BCUT2D eigenvalue weighted by atomic mass is 16.1. The van der Waals surface area contributed by atoms with E-state index in [-0.39, 0.29) is 11.9 Å². The van der Waals surface area contributed by atoms with E-state index in [0.717, 1.165) is 38.0 Å². The molecule has 154 valence electrons. The van der Waals surface area contributed by atoms with Gasteiger partial charge in [0.05, 0.1) is 0 Å². The zero-order chi connectivity index (χ0) is 20.6. The molecule has 0 atom stereocenters. The van der Waals surface area contributed by atoms with Crippen LogP contribution in [0.2, 0.25) is 0 Å². The summed E-state index contributed by atoms with van der Waals surface area (Å²) >= 11 is 0. The van der Waals surface area contributed by atoms with Crippen LogP contribution in [0.15, 0.2) is 73.2 Å². The highest BCUT2D eigenvalue weighted by Gasteiger charge is 2.21. The number of anilines is 1. The summed E-state index contributed by atoms with van der Waals surface area (Å²) in [5.74, 6) is 0.646. The van der Waals surface area contributed by atoms with Crippen LogP contribution in [0.25, 0.3) is 0 Å². The van der Waals surface area contributed by atoms with E-state index >= 15 is 0 Å². The third-order valence-corrected chi connectivity index (χ3v) is 5.39. The van der Waals surface area contributed by atoms with Crippen molar-refractivity contribution in [2.45, 2.75) is 32.0 Å². The van der Waals surface area contributed by atoms with Crippen LogP contribution < -0.4 is 10.6 Å². The lowest BCUT2D eigenvalue weighted by Gasteiger charge is -2.32. The molecule has 0 bridgehead atoms. The molecular weight excluding hydrogens is 374 g/mol. The van der Waals surface area contributed by atoms with Crippen molar-refractivity contribution < 1.29 is 4.79 Å². The van der Waals surface area contributed by atoms with Crippen LogP contribution in [-0.4, -0.2) is 39.9 Å². The zero-order valence-corrected chi connectivity index (χ0v) is 17.0. The minimum atomic E-state index is -0.0386. The molecular formula is C24H27N5O. The SMILES string of the molecule is O=C(NC1CCN(Cc2ccccc2)CC1)c1ccnc(NCc2cccnc2)c1. The lowest BCUT2D eigenvalue weighted by molar-refractivity contribution is 0.0909. The molecule has 1 aromatic carbocycles. The maximum absolute atomic E-state index is 12.7. The van der Waals surface area contributed by atoms with E-state index in [9.17, 15) is 4.79 Å². The number of pyridine rings is 2. The number of hydrogen-bond acceptors (Lipinski definition) is 5. The fourth-order valence-corrected chi connectivity index (χ4v) is 3.71. The van der Waals surface area contributed by atoms with Crippen LogP contribution in [0.5, 0.6) is 0 Å². The minimum absolute atomic E-state index is 0.0386. The van der Waals surface area contributed by atoms with Crippen molar-refractivity contribution in [1.29, 1.82) is 0 Å². The van der Waals surface area contributed by atoms with E-state index in [1.807, 2.05) is 24.4 Å². The van der Waals surface area contributed by atoms with Gasteiger partial charge in [0.1, 0.15) is 5.82 Å². The zero-order valence-electron chi connectivity index (χ0n) is 17.0. The Morgan fingerprint density at radius 2 is 1.80 bits per heavy atom. The van der Waals surface area contributed by atoms with E-state index in [1.54, 1.807) is 24.5 Å². The Hall–Kier alpha value is -3.25. The van der Waals surface area contributed by atoms with Crippen LogP contribution in [0, 0.1) is 0 Å². The molecule has 0 aliphatic carbocycles. The quantitative estimate of drug-likeness (QED) is 0.634. The summed E-state index contributed by atoms with van der Waals surface area (Å²) in [7, 11) is 0. The maximum atomic E-state index is 12.7. The Morgan fingerprint density at radius 1 is 1.00 bits per heavy atom. The standard InChI is InChI=1S/C24H27N5O/c30-24(21-8-12-26-23(15-21)27-17-20-7-4-11-25-16-20)28-22-9-13-29(14-10-22)18-19-5-2-1-3-6-19/h1-8,11-12,15-16,22H,9-10,13-14,17-18H2,(H,26,27)(H,28,30). The van der Waals surface area contributed by atoms with E-state index in [4.69, 9.17) is 0 Å². The number of piperidine rings is 1. The normalized spacial score (nSPS) is 14.9. The summed E-state index contributed by atoms with van der Waals surface area (Å²) in [4.78, 5) is 23.6. The summed E-state index contributed by atoms with van der Waals surface area (Å²) in [6.07, 6.45) is 7.17. The Morgan fingerprint density at radius 3 is 2.57 bits per heavy atom. The van der Waals surface area contributed by atoms with Crippen molar-refractivity contribution in [1.82, 2.24) is 20.2 Å². The number of likely N-dealkylation sites (tertiary alicyclic amines) is 1. The summed E-state index contributed by atoms with van der Waals surface area (Å²) in [6, 6.07) is 18.2. The van der Waals surface area contributed by atoms with Gasteiger partial charge in [-0.15, -0.1) is 0 Å². The van der Waals surface area contributed by atoms with Crippen molar-refractivity contribution in [3.63, 3.8) is 0 Å². The second-order valence-electron chi connectivity index (χ2n) is 7.65. The lowest BCUT2D eigenvalue weighted by atomic mass is 10.0. The van der Waals surface area contributed by atoms with Gasteiger partial charge in [0.15, 0.2) is 0 Å². The number of nitrogens with zero attached hydrogens (tertiary/aromatic N) is 3. The molecule has 0 unspecified atom stereocenters. The first-order valence-corrected chi connectivity index (χ1v) is 10.4. The average Bonchev–Trinajstić information content (AvgIpc) is 2.80. The van der Waals surface area contributed by atoms with Crippen LogP contribution in [0.3, 0.4) is 0 Å². The molecule has 1 amide bonds. The number of carbonyl (C=O) groups is 1. The number of nitrogens with one attached hydrogen (secondary N) is 2. The van der Waals surface area contributed by atoms with Crippen molar-refractivity contribution in [2.24, 2.45) is 0 Å². The molecule has 1 aliphatic heterocycles. The second kappa shape index (κ2) is 9.98. The van der Waals surface area contributed by atoms with Crippen LogP contribution in [0.1, 0.15) is 34.3 Å². The fourth-order valence-electron chi connectivity index (χ4n) is 3.71. The highest BCUT2D eigenvalue weighted by Crippen LogP contribution is 2.15.